The molecule has 0 atom stereocenters. The summed E-state index contributed by atoms with van der Waals surface area (Å²) < 4.78 is 10.6. The van der Waals surface area contributed by atoms with Crippen molar-refractivity contribution in [1.82, 2.24) is 5.32 Å². The molecule has 3 nitrogen and oxygen atoms in total. The zero-order valence-corrected chi connectivity index (χ0v) is 11.1. The van der Waals surface area contributed by atoms with Gasteiger partial charge in [-0.2, -0.15) is 0 Å². The molecule has 0 aliphatic rings. The fourth-order valence-electron chi connectivity index (χ4n) is 0.896. The lowest BCUT2D eigenvalue weighted by molar-refractivity contribution is 0.0618. The summed E-state index contributed by atoms with van der Waals surface area (Å²) in [6, 6.07) is 0. The Labute approximate surface area is 99.9 Å². The summed E-state index contributed by atoms with van der Waals surface area (Å²) in [5.74, 6) is 6.11. The minimum atomic E-state index is 0.281. The van der Waals surface area contributed by atoms with Gasteiger partial charge in [0.15, 0.2) is 0 Å². The van der Waals surface area contributed by atoms with Crippen molar-refractivity contribution in [2.45, 2.75) is 27.2 Å². The van der Waals surface area contributed by atoms with Gasteiger partial charge in [-0.25, -0.2) is 0 Å². The number of ether oxygens (including phenoxy) is 2. The zero-order valence-electron chi connectivity index (χ0n) is 11.1. The van der Waals surface area contributed by atoms with Gasteiger partial charge in [-0.15, -0.1) is 5.92 Å². The highest BCUT2D eigenvalue weighted by Gasteiger charge is 2.06. The summed E-state index contributed by atoms with van der Waals surface area (Å²) in [6.07, 6.45) is 0.912. The maximum Gasteiger partial charge on any atom is 0.107 e. The third-order valence-electron chi connectivity index (χ3n) is 1.79. The summed E-state index contributed by atoms with van der Waals surface area (Å²) in [4.78, 5) is 0. The SMILES string of the molecule is CNCCOCCOCC#CCC(C)(C)C. The predicted octanol–water partition coefficient (Wildman–Crippen LogP) is 1.68. The van der Waals surface area contributed by atoms with E-state index in [1.54, 1.807) is 0 Å². The van der Waals surface area contributed by atoms with Crippen molar-refractivity contribution in [3.63, 3.8) is 0 Å². The van der Waals surface area contributed by atoms with Crippen molar-refractivity contribution in [3.8, 4) is 11.8 Å². The smallest absolute Gasteiger partial charge is 0.107 e. The van der Waals surface area contributed by atoms with Gasteiger partial charge in [-0.1, -0.05) is 26.7 Å². The second-order valence-electron chi connectivity index (χ2n) is 4.86. The Bertz CT molecular complexity index is 210. The Kier molecular flexibility index (Phi) is 9.31. The lowest BCUT2D eigenvalue weighted by Gasteiger charge is -2.12. The van der Waals surface area contributed by atoms with E-state index in [0.29, 0.717) is 19.8 Å². The monoisotopic (exact) mass is 227 g/mol. The minimum absolute atomic E-state index is 0.281. The highest BCUT2D eigenvalue weighted by atomic mass is 16.5. The molecule has 0 bridgehead atoms. The highest BCUT2D eigenvalue weighted by Crippen LogP contribution is 2.16. The minimum Gasteiger partial charge on any atom is -0.378 e. The van der Waals surface area contributed by atoms with Crippen LogP contribution in [0.4, 0.5) is 0 Å². The van der Waals surface area contributed by atoms with Gasteiger partial charge in [-0.3, -0.25) is 0 Å². The Morgan fingerprint density at radius 3 is 2.31 bits per heavy atom. The van der Waals surface area contributed by atoms with Crippen LogP contribution in [-0.2, 0) is 9.47 Å². The number of nitrogens with one attached hydrogen (secondary N) is 1. The first kappa shape index (κ1) is 15.4. The highest BCUT2D eigenvalue weighted by molar-refractivity contribution is 5.01. The van der Waals surface area contributed by atoms with Crippen LogP contribution in [0.5, 0.6) is 0 Å². The summed E-state index contributed by atoms with van der Waals surface area (Å²) in [6.45, 7) is 9.91. The molecule has 0 aliphatic carbocycles. The Hall–Kier alpha value is -0.560. The van der Waals surface area contributed by atoms with Gasteiger partial charge < -0.3 is 14.8 Å². The molecule has 94 valence electrons. The van der Waals surface area contributed by atoms with Crippen molar-refractivity contribution < 1.29 is 9.47 Å². The van der Waals surface area contributed by atoms with Crippen molar-refractivity contribution in [3.05, 3.63) is 0 Å². The molecule has 0 aliphatic heterocycles. The predicted molar refractivity (Wildman–Crippen MR) is 67.4 cm³/mol. The Balaban J connectivity index is 3.20. The average molecular weight is 227 g/mol. The summed E-state index contributed by atoms with van der Waals surface area (Å²) in [5.41, 5.74) is 0.281. The van der Waals surface area contributed by atoms with E-state index in [4.69, 9.17) is 9.47 Å². The molecule has 0 unspecified atom stereocenters. The second-order valence-corrected chi connectivity index (χ2v) is 4.86. The molecular weight excluding hydrogens is 202 g/mol. The fraction of sp³-hybridized carbons (Fsp3) is 0.846. The molecule has 0 amide bonds. The molecule has 3 heteroatoms. The Morgan fingerprint density at radius 2 is 1.69 bits per heavy atom. The lowest BCUT2D eigenvalue weighted by Crippen LogP contribution is -2.16. The van der Waals surface area contributed by atoms with E-state index >= 15 is 0 Å². The van der Waals surface area contributed by atoms with E-state index in [-0.39, 0.29) is 5.41 Å². The van der Waals surface area contributed by atoms with Crippen LogP contribution in [0.2, 0.25) is 0 Å². The maximum atomic E-state index is 5.31. The van der Waals surface area contributed by atoms with Crippen LogP contribution >= 0.6 is 0 Å². The van der Waals surface area contributed by atoms with Gasteiger partial charge in [0.1, 0.15) is 6.61 Å². The maximum absolute atomic E-state index is 5.31. The van der Waals surface area contributed by atoms with E-state index in [1.807, 2.05) is 7.05 Å². The number of likely N-dealkylation sites (N-methyl/N-ethyl adjacent to an activating group) is 1. The van der Waals surface area contributed by atoms with Gasteiger partial charge in [0.25, 0.3) is 0 Å². The fourth-order valence-corrected chi connectivity index (χ4v) is 0.896. The van der Waals surface area contributed by atoms with Crippen LogP contribution in [0.15, 0.2) is 0 Å². The van der Waals surface area contributed by atoms with Gasteiger partial charge >= 0.3 is 0 Å². The van der Waals surface area contributed by atoms with Gasteiger partial charge in [0.2, 0.25) is 0 Å². The van der Waals surface area contributed by atoms with Crippen LogP contribution in [-0.4, -0.2) is 40.0 Å². The summed E-state index contributed by atoms with van der Waals surface area (Å²) in [7, 11) is 1.91. The molecular formula is C13H25NO2. The number of hydrogen-bond donors (Lipinski definition) is 1. The molecule has 0 saturated carbocycles. The number of hydrogen-bond acceptors (Lipinski definition) is 3. The molecule has 0 spiro atoms. The molecule has 16 heavy (non-hydrogen) atoms. The molecule has 0 radical (unpaired) electrons. The van der Waals surface area contributed by atoms with Crippen molar-refractivity contribution in [2.24, 2.45) is 5.41 Å². The normalized spacial score (nSPS) is 11.0. The van der Waals surface area contributed by atoms with E-state index in [1.165, 1.54) is 0 Å². The number of rotatable bonds is 7. The van der Waals surface area contributed by atoms with Crippen molar-refractivity contribution >= 4 is 0 Å². The molecule has 0 aromatic rings. The largest absolute Gasteiger partial charge is 0.378 e. The third kappa shape index (κ3) is 13.4. The Morgan fingerprint density at radius 1 is 1.00 bits per heavy atom. The first-order valence-electron chi connectivity index (χ1n) is 5.82. The summed E-state index contributed by atoms with van der Waals surface area (Å²) >= 11 is 0. The average Bonchev–Trinajstić information content (AvgIpc) is 2.19. The first-order valence-corrected chi connectivity index (χ1v) is 5.82. The van der Waals surface area contributed by atoms with E-state index in [2.05, 4.69) is 37.9 Å². The van der Waals surface area contributed by atoms with E-state index < -0.39 is 0 Å². The van der Waals surface area contributed by atoms with Crippen LogP contribution in [0.3, 0.4) is 0 Å². The van der Waals surface area contributed by atoms with Crippen molar-refractivity contribution in [1.29, 1.82) is 0 Å². The standard InChI is InChI=1S/C13H25NO2/c1-13(2,3)7-5-6-9-15-11-12-16-10-8-14-4/h14H,7-12H2,1-4H3. The quantitative estimate of drug-likeness (QED) is 0.530. The lowest BCUT2D eigenvalue weighted by atomic mass is 9.93. The van der Waals surface area contributed by atoms with Crippen LogP contribution in [0, 0.1) is 17.3 Å². The molecule has 0 fully saturated rings. The topological polar surface area (TPSA) is 30.5 Å². The zero-order chi connectivity index (χ0) is 12.3. The molecule has 0 saturated heterocycles. The van der Waals surface area contributed by atoms with Crippen LogP contribution < -0.4 is 5.32 Å². The van der Waals surface area contributed by atoms with Crippen LogP contribution in [0.1, 0.15) is 27.2 Å². The van der Waals surface area contributed by atoms with Crippen molar-refractivity contribution in [2.75, 3.05) is 40.0 Å². The molecule has 0 aromatic heterocycles. The molecule has 0 rings (SSSR count). The van der Waals surface area contributed by atoms with E-state index in [9.17, 15) is 0 Å². The van der Waals surface area contributed by atoms with Gasteiger partial charge in [0, 0.05) is 13.0 Å². The van der Waals surface area contributed by atoms with Gasteiger partial charge in [-0.05, 0) is 12.5 Å². The van der Waals surface area contributed by atoms with E-state index in [0.717, 1.165) is 19.6 Å². The van der Waals surface area contributed by atoms with Gasteiger partial charge in [0.05, 0.1) is 19.8 Å². The molecule has 0 aromatic carbocycles. The first-order chi connectivity index (χ1) is 7.56. The molecule has 1 N–H and O–H groups in total. The molecule has 0 heterocycles. The van der Waals surface area contributed by atoms with Crippen LogP contribution in [0.25, 0.3) is 0 Å². The summed E-state index contributed by atoms with van der Waals surface area (Å²) in [5, 5.41) is 3.01. The third-order valence-corrected chi connectivity index (χ3v) is 1.79. The second kappa shape index (κ2) is 9.65.